The van der Waals surface area contributed by atoms with Gasteiger partial charge in [0.1, 0.15) is 5.60 Å². The molecule has 0 aliphatic heterocycles. The Morgan fingerprint density at radius 3 is 2.68 bits per heavy atom. The van der Waals surface area contributed by atoms with Crippen LogP contribution in [-0.2, 0) is 9.57 Å². The Labute approximate surface area is 117 Å². The highest BCUT2D eigenvalue weighted by Crippen LogP contribution is 2.29. The number of aryl methyl sites for hydroxylation is 1. The van der Waals surface area contributed by atoms with Crippen LogP contribution < -0.4 is 11.2 Å². The largest absolute Gasteiger partial charge is 0.444 e. The van der Waals surface area contributed by atoms with Crippen LogP contribution >= 0.6 is 11.3 Å². The number of nitrogens with one attached hydrogen (secondary N) is 1. The SMILES string of the molecule is Cc1nc(NC(=O)OC(C)(C)C)sc1C(C)CON. The molecular weight excluding hydrogens is 266 g/mol. The quantitative estimate of drug-likeness (QED) is 0.831. The second kappa shape index (κ2) is 6.31. The molecule has 7 heteroatoms. The fraction of sp³-hybridized carbons (Fsp3) is 0.667. The lowest BCUT2D eigenvalue weighted by Crippen LogP contribution is -2.27. The topological polar surface area (TPSA) is 86.5 Å². The predicted octanol–water partition coefficient (Wildman–Crippen LogP) is 2.79. The van der Waals surface area contributed by atoms with Gasteiger partial charge in [-0.15, -0.1) is 11.3 Å². The van der Waals surface area contributed by atoms with Gasteiger partial charge >= 0.3 is 6.09 Å². The average Bonchev–Trinajstić information content (AvgIpc) is 2.56. The highest BCUT2D eigenvalue weighted by molar-refractivity contribution is 7.16. The lowest BCUT2D eigenvalue weighted by molar-refractivity contribution is 0.0636. The lowest BCUT2D eigenvalue weighted by atomic mass is 10.1. The molecule has 0 spiro atoms. The molecule has 3 N–H and O–H groups in total. The zero-order chi connectivity index (χ0) is 14.6. The number of anilines is 1. The third-order valence-electron chi connectivity index (χ3n) is 2.23. The summed E-state index contributed by atoms with van der Waals surface area (Å²) in [5, 5.41) is 3.15. The van der Waals surface area contributed by atoms with Crippen molar-refractivity contribution in [3.8, 4) is 0 Å². The highest BCUT2D eigenvalue weighted by Gasteiger charge is 2.19. The molecule has 0 saturated heterocycles. The van der Waals surface area contributed by atoms with Crippen molar-refractivity contribution in [1.29, 1.82) is 0 Å². The number of amides is 1. The van der Waals surface area contributed by atoms with Gasteiger partial charge in [0.25, 0.3) is 0 Å². The molecule has 1 heterocycles. The normalized spacial score (nSPS) is 13.2. The molecule has 6 nitrogen and oxygen atoms in total. The van der Waals surface area contributed by atoms with E-state index < -0.39 is 11.7 Å². The van der Waals surface area contributed by atoms with Crippen molar-refractivity contribution in [2.24, 2.45) is 5.90 Å². The Bertz CT molecular complexity index is 440. The molecule has 1 amide bonds. The molecule has 0 aliphatic rings. The fourth-order valence-electron chi connectivity index (χ4n) is 1.53. The smallest absolute Gasteiger partial charge is 0.413 e. The number of aromatic nitrogens is 1. The number of nitrogens with two attached hydrogens (primary N) is 1. The van der Waals surface area contributed by atoms with Crippen molar-refractivity contribution in [3.63, 3.8) is 0 Å². The third-order valence-corrected chi connectivity index (χ3v) is 3.54. The van der Waals surface area contributed by atoms with Crippen LogP contribution in [-0.4, -0.2) is 23.3 Å². The first-order valence-electron chi connectivity index (χ1n) is 6.02. The molecule has 1 rings (SSSR count). The molecule has 108 valence electrons. The van der Waals surface area contributed by atoms with Crippen molar-refractivity contribution >= 4 is 22.6 Å². The minimum atomic E-state index is -0.528. The second-order valence-corrected chi connectivity index (χ2v) is 6.36. The highest BCUT2D eigenvalue weighted by atomic mass is 32.1. The van der Waals surface area contributed by atoms with Crippen molar-refractivity contribution < 1.29 is 14.4 Å². The molecule has 19 heavy (non-hydrogen) atoms. The summed E-state index contributed by atoms with van der Waals surface area (Å²) >= 11 is 1.40. The van der Waals surface area contributed by atoms with E-state index in [1.165, 1.54) is 11.3 Å². The summed E-state index contributed by atoms with van der Waals surface area (Å²) in [5.41, 5.74) is 0.334. The van der Waals surface area contributed by atoms with Crippen molar-refractivity contribution in [1.82, 2.24) is 4.98 Å². The maximum Gasteiger partial charge on any atom is 0.413 e. The van der Waals surface area contributed by atoms with Gasteiger partial charge < -0.3 is 9.57 Å². The minimum Gasteiger partial charge on any atom is -0.444 e. The molecule has 0 radical (unpaired) electrons. The van der Waals surface area contributed by atoms with Crippen LogP contribution in [0.15, 0.2) is 0 Å². The first-order valence-corrected chi connectivity index (χ1v) is 6.83. The molecule has 1 aromatic heterocycles. The van der Waals surface area contributed by atoms with Gasteiger partial charge in [-0.3, -0.25) is 5.32 Å². The Hall–Kier alpha value is -1.18. The Morgan fingerprint density at radius 1 is 1.53 bits per heavy atom. The van der Waals surface area contributed by atoms with E-state index in [9.17, 15) is 4.79 Å². The summed E-state index contributed by atoms with van der Waals surface area (Å²) in [7, 11) is 0. The van der Waals surface area contributed by atoms with Gasteiger partial charge in [0.05, 0.1) is 12.3 Å². The predicted molar refractivity (Wildman–Crippen MR) is 75.3 cm³/mol. The van der Waals surface area contributed by atoms with Gasteiger partial charge in [0.2, 0.25) is 0 Å². The van der Waals surface area contributed by atoms with Gasteiger partial charge in [-0.2, -0.15) is 0 Å². The lowest BCUT2D eigenvalue weighted by Gasteiger charge is -2.18. The van der Waals surface area contributed by atoms with Gasteiger partial charge in [0.15, 0.2) is 5.13 Å². The van der Waals surface area contributed by atoms with Gasteiger partial charge in [-0.1, -0.05) is 6.92 Å². The van der Waals surface area contributed by atoms with Gasteiger partial charge in [0, 0.05) is 10.8 Å². The first kappa shape index (κ1) is 15.9. The van der Waals surface area contributed by atoms with Crippen LogP contribution in [0.3, 0.4) is 0 Å². The van der Waals surface area contributed by atoms with E-state index in [-0.39, 0.29) is 5.92 Å². The Balaban J connectivity index is 2.71. The molecule has 0 aliphatic carbocycles. The number of carbonyl (C=O) groups excluding carboxylic acids is 1. The van der Waals surface area contributed by atoms with Crippen LogP contribution in [0.1, 0.15) is 44.2 Å². The molecular formula is C12H21N3O3S. The monoisotopic (exact) mass is 287 g/mol. The van der Waals surface area contributed by atoms with E-state index in [2.05, 4.69) is 15.1 Å². The fourth-order valence-corrected chi connectivity index (χ4v) is 2.52. The van der Waals surface area contributed by atoms with Crippen molar-refractivity contribution in [2.75, 3.05) is 11.9 Å². The minimum absolute atomic E-state index is 0.136. The maximum atomic E-state index is 11.6. The van der Waals surface area contributed by atoms with E-state index in [1.807, 2.05) is 34.6 Å². The number of nitrogens with zero attached hydrogens (tertiary/aromatic N) is 1. The van der Waals surface area contributed by atoms with Crippen molar-refractivity contribution in [3.05, 3.63) is 10.6 Å². The zero-order valence-electron chi connectivity index (χ0n) is 11.9. The molecule has 1 aromatic rings. The van der Waals surface area contributed by atoms with E-state index >= 15 is 0 Å². The number of hydrogen-bond acceptors (Lipinski definition) is 6. The van der Waals surface area contributed by atoms with Crippen LogP contribution in [0.2, 0.25) is 0 Å². The van der Waals surface area contributed by atoms with Gasteiger partial charge in [-0.05, 0) is 27.7 Å². The van der Waals surface area contributed by atoms with Crippen LogP contribution in [0.4, 0.5) is 9.93 Å². The first-order chi connectivity index (χ1) is 8.73. The summed E-state index contributed by atoms with van der Waals surface area (Å²) in [6, 6.07) is 0. The summed E-state index contributed by atoms with van der Waals surface area (Å²) in [4.78, 5) is 21.6. The molecule has 1 unspecified atom stereocenters. The molecule has 1 atom stereocenters. The summed E-state index contributed by atoms with van der Waals surface area (Å²) in [6.07, 6.45) is -0.504. The van der Waals surface area contributed by atoms with E-state index in [0.29, 0.717) is 11.7 Å². The Morgan fingerprint density at radius 2 is 2.16 bits per heavy atom. The van der Waals surface area contributed by atoms with Gasteiger partial charge in [-0.25, -0.2) is 15.7 Å². The van der Waals surface area contributed by atoms with Crippen molar-refractivity contribution in [2.45, 2.75) is 46.1 Å². The molecule has 0 aromatic carbocycles. The molecule has 0 saturated carbocycles. The number of rotatable bonds is 4. The average molecular weight is 287 g/mol. The Kier molecular flexibility index (Phi) is 5.28. The van der Waals surface area contributed by atoms with E-state index in [0.717, 1.165) is 10.6 Å². The van der Waals surface area contributed by atoms with Crippen LogP contribution in [0.5, 0.6) is 0 Å². The second-order valence-electron chi connectivity index (χ2n) is 5.33. The number of hydrogen-bond donors (Lipinski definition) is 2. The number of ether oxygens (including phenoxy) is 1. The van der Waals surface area contributed by atoms with Crippen LogP contribution in [0.25, 0.3) is 0 Å². The summed E-state index contributed by atoms with van der Waals surface area (Å²) in [6.45, 7) is 9.72. The summed E-state index contributed by atoms with van der Waals surface area (Å²) < 4.78 is 5.17. The third kappa shape index (κ3) is 5.14. The molecule has 0 fully saturated rings. The standard InChI is InChI=1S/C12H21N3O3S/c1-7(6-17-13)9-8(2)14-10(19-9)15-11(16)18-12(3,4)5/h7H,6,13H2,1-5H3,(H,14,15,16). The summed E-state index contributed by atoms with van der Waals surface area (Å²) in [5.74, 6) is 5.20. The zero-order valence-corrected chi connectivity index (χ0v) is 12.8. The number of carbonyl (C=O) groups is 1. The maximum absolute atomic E-state index is 11.6. The van der Waals surface area contributed by atoms with E-state index in [4.69, 9.17) is 10.6 Å². The number of thiazole rings is 1. The molecule has 0 bridgehead atoms. The van der Waals surface area contributed by atoms with E-state index in [1.54, 1.807) is 0 Å². The van der Waals surface area contributed by atoms with Crippen LogP contribution in [0, 0.1) is 6.92 Å².